The quantitative estimate of drug-likeness (QED) is 0.874. The van der Waals surface area contributed by atoms with Crippen molar-refractivity contribution in [1.29, 1.82) is 0 Å². The molecule has 1 fully saturated rings. The monoisotopic (exact) mass is 257 g/mol. The van der Waals surface area contributed by atoms with E-state index in [0.29, 0.717) is 11.6 Å². The molecule has 19 heavy (non-hydrogen) atoms. The number of hydrogen-bond acceptors (Lipinski definition) is 5. The van der Waals surface area contributed by atoms with E-state index in [1.54, 1.807) is 30.6 Å². The lowest BCUT2D eigenvalue weighted by Crippen LogP contribution is -2.19. The molecule has 2 N–H and O–H groups in total. The highest BCUT2D eigenvalue weighted by molar-refractivity contribution is 5.57. The van der Waals surface area contributed by atoms with E-state index in [2.05, 4.69) is 15.3 Å². The number of nitrogens with zero attached hydrogens (tertiary/aromatic N) is 2. The Labute approximate surface area is 111 Å². The first-order chi connectivity index (χ1) is 9.31. The Morgan fingerprint density at radius 1 is 1.26 bits per heavy atom. The highest BCUT2D eigenvalue weighted by Gasteiger charge is 2.16. The van der Waals surface area contributed by atoms with Crippen molar-refractivity contribution >= 4 is 0 Å². The molecule has 1 unspecified atom stereocenters. The summed E-state index contributed by atoms with van der Waals surface area (Å²) >= 11 is 0. The smallest absolute Gasteiger partial charge is 0.159 e. The second-order valence-electron chi connectivity index (χ2n) is 4.53. The van der Waals surface area contributed by atoms with Gasteiger partial charge in [0.2, 0.25) is 0 Å². The number of phenols is 1. The van der Waals surface area contributed by atoms with E-state index in [1.807, 2.05) is 6.07 Å². The van der Waals surface area contributed by atoms with Gasteiger partial charge in [-0.2, -0.15) is 0 Å². The Morgan fingerprint density at radius 2 is 2.11 bits per heavy atom. The van der Waals surface area contributed by atoms with E-state index in [1.165, 1.54) is 0 Å². The number of aromatic hydroxyl groups is 1. The first-order valence-electron chi connectivity index (χ1n) is 6.30. The zero-order valence-corrected chi connectivity index (χ0v) is 10.4. The third-order valence-electron chi connectivity index (χ3n) is 3.05. The van der Waals surface area contributed by atoms with Gasteiger partial charge in [0.1, 0.15) is 11.9 Å². The van der Waals surface area contributed by atoms with Crippen molar-refractivity contribution in [3.05, 3.63) is 36.7 Å². The minimum absolute atomic E-state index is 0.204. The highest BCUT2D eigenvalue weighted by Crippen LogP contribution is 2.21. The average molecular weight is 257 g/mol. The van der Waals surface area contributed by atoms with Gasteiger partial charge in [-0.25, -0.2) is 9.97 Å². The minimum atomic E-state index is 0.204. The van der Waals surface area contributed by atoms with Crippen LogP contribution in [0.2, 0.25) is 0 Å². The first-order valence-corrected chi connectivity index (χ1v) is 6.30. The molecule has 0 saturated carbocycles. The summed E-state index contributed by atoms with van der Waals surface area (Å²) in [5.41, 5.74) is 0.786. The molecule has 5 nitrogen and oxygen atoms in total. The fourth-order valence-electron chi connectivity index (χ4n) is 2.09. The third kappa shape index (κ3) is 2.82. The molecule has 0 radical (unpaired) electrons. The summed E-state index contributed by atoms with van der Waals surface area (Å²) in [6, 6.07) is 6.88. The third-order valence-corrected chi connectivity index (χ3v) is 3.05. The molecule has 2 aromatic rings. The van der Waals surface area contributed by atoms with E-state index in [4.69, 9.17) is 4.74 Å². The Kier molecular flexibility index (Phi) is 3.29. The van der Waals surface area contributed by atoms with E-state index in [0.717, 1.165) is 25.1 Å². The van der Waals surface area contributed by atoms with Crippen LogP contribution in [0.25, 0.3) is 11.4 Å². The predicted octanol–water partition coefficient (Wildman–Crippen LogP) is 1.59. The number of nitrogens with one attached hydrogen (secondary N) is 1. The number of ether oxygens (including phenoxy) is 1. The second-order valence-corrected chi connectivity index (χ2v) is 4.53. The second kappa shape index (κ2) is 5.24. The van der Waals surface area contributed by atoms with Crippen molar-refractivity contribution in [2.24, 2.45) is 0 Å². The van der Waals surface area contributed by atoms with E-state index < -0.39 is 0 Å². The predicted molar refractivity (Wildman–Crippen MR) is 71.0 cm³/mol. The fraction of sp³-hybridized carbons (Fsp3) is 0.286. The summed E-state index contributed by atoms with van der Waals surface area (Å²) in [6.45, 7) is 1.86. The molecule has 1 aliphatic heterocycles. The summed E-state index contributed by atoms with van der Waals surface area (Å²) < 4.78 is 5.75. The fourth-order valence-corrected chi connectivity index (χ4v) is 2.09. The Morgan fingerprint density at radius 3 is 2.79 bits per heavy atom. The van der Waals surface area contributed by atoms with E-state index >= 15 is 0 Å². The summed E-state index contributed by atoms with van der Waals surface area (Å²) in [6.07, 6.45) is 4.55. The van der Waals surface area contributed by atoms with Crippen LogP contribution in [0, 0.1) is 0 Å². The molecule has 2 heterocycles. The maximum absolute atomic E-state index is 9.43. The molecular weight excluding hydrogens is 242 g/mol. The van der Waals surface area contributed by atoms with Gasteiger partial charge in [0.25, 0.3) is 0 Å². The molecule has 1 aliphatic rings. The normalized spacial score (nSPS) is 18.4. The molecule has 0 spiro atoms. The van der Waals surface area contributed by atoms with Gasteiger partial charge in [-0.15, -0.1) is 0 Å². The molecule has 98 valence electrons. The van der Waals surface area contributed by atoms with Crippen LogP contribution in [0.3, 0.4) is 0 Å². The minimum Gasteiger partial charge on any atom is -0.508 e. The molecule has 3 rings (SSSR count). The van der Waals surface area contributed by atoms with Crippen molar-refractivity contribution in [3.8, 4) is 22.9 Å². The summed E-state index contributed by atoms with van der Waals surface area (Å²) in [5.74, 6) is 1.46. The van der Waals surface area contributed by atoms with Crippen LogP contribution in [0.4, 0.5) is 0 Å². The van der Waals surface area contributed by atoms with Gasteiger partial charge in [0, 0.05) is 12.1 Å². The molecule has 1 aromatic heterocycles. The molecule has 1 atom stereocenters. The lowest BCUT2D eigenvalue weighted by molar-refractivity contribution is 0.221. The van der Waals surface area contributed by atoms with Crippen LogP contribution in [-0.2, 0) is 0 Å². The van der Waals surface area contributed by atoms with Crippen LogP contribution in [0.5, 0.6) is 11.5 Å². The highest BCUT2D eigenvalue weighted by atomic mass is 16.5. The van der Waals surface area contributed by atoms with Gasteiger partial charge in [-0.3, -0.25) is 0 Å². The van der Waals surface area contributed by atoms with Crippen molar-refractivity contribution in [2.75, 3.05) is 13.1 Å². The lowest BCUT2D eigenvalue weighted by Gasteiger charge is -2.11. The van der Waals surface area contributed by atoms with Crippen LogP contribution in [0.1, 0.15) is 6.42 Å². The standard InChI is InChI=1S/C14H15N3O2/c18-11-3-1-2-10(6-11)14-16-8-13(9-17-14)19-12-4-5-15-7-12/h1-3,6,8-9,12,15,18H,4-5,7H2. The molecule has 1 aromatic carbocycles. The van der Waals surface area contributed by atoms with E-state index in [9.17, 15) is 5.11 Å². The first kappa shape index (κ1) is 11.9. The summed E-state index contributed by atoms with van der Waals surface area (Å²) in [5, 5.41) is 12.7. The number of rotatable bonds is 3. The van der Waals surface area contributed by atoms with Crippen LogP contribution in [-0.4, -0.2) is 34.3 Å². The Hall–Kier alpha value is -2.14. The van der Waals surface area contributed by atoms with Gasteiger partial charge in [0.05, 0.1) is 12.4 Å². The number of hydrogen-bond donors (Lipinski definition) is 2. The van der Waals surface area contributed by atoms with E-state index in [-0.39, 0.29) is 11.9 Å². The SMILES string of the molecule is Oc1cccc(-c2ncc(OC3CCNC3)cn2)c1. The van der Waals surface area contributed by atoms with Gasteiger partial charge in [-0.05, 0) is 25.1 Å². The van der Waals surface area contributed by atoms with Crippen molar-refractivity contribution < 1.29 is 9.84 Å². The van der Waals surface area contributed by atoms with Crippen LogP contribution < -0.4 is 10.1 Å². The molecule has 0 aliphatic carbocycles. The summed E-state index contributed by atoms with van der Waals surface area (Å²) in [7, 11) is 0. The maximum atomic E-state index is 9.43. The Balaban J connectivity index is 1.74. The van der Waals surface area contributed by atoms with Gasteiger partial charge in [-0.1, -0.05) is 12.1 Å². The summed E-state index contributed by atoms with van der Waals surface area (Å²) in [4.78, 5) is 8.53. The van der Waals surface area contributed by atoms with Gasteiger partial charge in [0.15, 0.2) is 11.6 Å². The zero-order chi connectivity index (χ0) is 13.1. The molecule has 1 saturated heterocycles. The largest absolute Gasteiger partial charge is 0.508 e. The molecule has 5 heteroatoms. The molecule has 0 amide bonds. The van der Waals surface area contributed by atoms with Crippen molar-refractivity contribution in [1.82, 2.24) is 15.3 Å². The average Bonchev–Trinajstić information content (AvgIpc) is 2.92. The van der Waals surface area contributed by atoms with Crippen molar-refractivity contribution in [2.45, 2.75) is 12.5 Å². The topological polar surface area (TPSA) is 67.3 Å². The number of phenolic OH excluding ortho intramolecular Hbond substituents is 1. The number of aromatic nitrogens is 2. The number of benzene rings is 1. The maximum Gasteiger partial charge on any atom is 0.159 e. The molecular formula is C14H15N3O2. The zero-order valence-electron chi connectivity index (χ0n) is 10.4. The Bertz CT molecular complexity index is 551. The van der Waals surface area contributed by atoms with Gasteiger partial charge < -0.3 is 15.2 Å². The van der Waals surface area contributed by atoms with Crippen molar-refractivity contribution in [3.63, 3.8) is 0 Å². The van der Waals surface area contributed by atoms with Crippen LogP contribution >= 0.6 is 0 Å². The van der Waals surface area contributed by atoms with Crippen LogP contribution in [0.15, 0.2) is 36.7 Å². The molecule has 0 bridgehead atoms. The lowest BCUT2D eigenvalue weighted by atomic mass is 10.2. The van der Waals surface area contributed by atoms with Gasteiger partial charge >= 0.3 is 0 Å².